The molecule has 0 unspecified atom stereocenters. The maximum atomic E-state index is 10.2. The van der Waals surface area contributed by atoms with Crippen LogP contribution in [0.15, 0.2) is 27.8 Å². The molecule has 0 aliphatic heterocycles. The lowest BCUT2D eigenvalue weighted by molar-refractivity contribution is -0.402. The number of nitrogens with two attached hydrogens (primary N) is 1. The van der Waals surface area contributed by atoms with Gasteiger partial charge in [0.25, 0.3) is 0 Å². The van der Waals surface area contributed by atoms with Crippen LogP contribution in [0.5, 0.6) is 0 Å². The Balaban J connectivity index is 2.78. The summed E-state index contributed by atoms with van der Waals surface area (Å²) >= 11 is 0. The van der Waals surface area contributed by atoms with Crippen LogP contribution >= 0.6 is 0 Å². The first kappa shape index (κ1) is 9.78. The number of nitro groups is 1. The molecule has 1 aromatic heterocycles. The molecule has 1 aromatic rings. The highest BCUT2D eigenvalue weighted by molar-refractivity contribution is 5.94. The molecule has 0 saturated heterocycles. The van der Waals surface area contributed by atoms with E-state index in [1.54, 1.807) is 0 Å². The van der Waals surface area contributed by atoms with Crippen molar-refractivity contribution >= 4 is 17.8 Å². The minimum atomic E-state index is -0.652. The Morgan fingerprint density at radius 2 is 2.43 bits per heavy atom. The van der Waals surface area contributed by atoms with Crippen LogP contribution < -0.4 is 5.73 Å². The van der Waals surface area contributed by atoms with Gasteiger partial charge in [0.05, 0.1) is 6.07 Å². The second kappa shape index (κ2) is 4.08. The molecule has 0 atom stereocenters. The first-order valence-corrected chi connectivity index (χ1v) is 3.53. The van der Waals surface area contributed by atoms with Crippen molar-refractivity contribution in [3.8, 4) is 0 Å². The van der Waals surface area contributed by atoms with Gasteiger partial charge in [-0.1, -0.05) is 5.16 Å². The largest absolute Gasteiger partial charge is 0.433 e. The molecule has 7 nitrogen and oxygen atoms in total. The number of furan rings is 1. The first-order valence-electron chi connectivity index (χ1n) is 3.53. The first-order chi connectivity index (χ1) is 6.63. The number of amidine groups is 1. The Labute approximate surface area is 78.3 Å². The summed E-state index contributed by atoms with van der Waals surface area (Å²) in [5.41, 5.74) is 5.13. The van der Waals surface area contributed by atoms with Gasteiger partial charge >= 0.3 is 5.88 Å². The lowest BCUT2D eigenvalue weighted by atomic mass is 10.4. The quantitative estimate of drug-likeness (QED) is 0.246. The summed E-state index contributed by atoms with van der Waals surface area (Å²) in [6.45, 7) is 0. The third-order valence-electron chi connectivity index (χ3n) is 1.33. The Hall–Kier alpha value is -2.31. The molecule has 0 radical (unpaired) electrons. The predicted octanol–water partition coefficient (Wildman–Crippen LogP) is 0.947. The van der Waals surface area contributed by atoms with E-state index in [9.17, 15) is 10.1 Å². The molecule has 0 saturated carbocycles. The molecule has 3 N–H and O–H groups in total. The predicted molar refractivity (Wildman–Crippen MR) is 47.8 cm³/mol. The summed E-state index contributed by atoms with van der Waals surface area (Å²) in [4.78, 5) is 9.56. The van der Waals surface area contributed by atoms with Gasteiger partial charge in [-0.3, -0.25) is 10.1 Å². The smallest absolute Gasteiger partial charge is 0.409 e. The minimum Gasteiger partial charge on any atom is -0.409 e. The molecule has 14 heavy (non-hydrogen) atoms. The average molecular weight is 197 g/mol. The van der Waals surface area contributed by atoms with Gasteiger partial charge in [-0.2, -0.15) is 0 Å². The summed E-state index contributed by atoms with van der Waals surface area (Å²) < 4.78 is 4.76. The highest BCUT2D eigenvalue weighted by Gasteiger charge is 2.09. The van der Waals surface area contributed by atoms with Crippen molar-refractivity contribution in [1.82, 2.24) is 0 Å². The van der Waals surface area contributed by atoms with Gasteiger partial charge in [-0.15, -0.1) is 0 Å². The van der Waals surface area contributed by atoms with Crippen LogP contribution in [-0.2, 0) is 0 Å². The lowest BCUT2D eigenvalue weighted by Gasteiger charge is -1.85. The molecular weight excluding hydrogens is 190 g/mol. The van der Waals surface area contributed by atoms with Gasteiger partial charge in [0.1, 0.15) is 10.7 Å². The third-order valence-corrected chi connectivity index (χ3v) is 1.33. The third kappa shape index (κ3) is 2.34. The van der Waals surface area contributed by atoms with Crippen molar-refractivity contribution in [2.75, 3.05) is 0 Å². The van der Waals surface area contributed by atoms with E-state index in [0.29, 0.717) is 0 Å². The molecule has 0 spiro atoms. The molecule has 7 heteroatoms. The molecule has 74 valence electrons. The summed E-state index contributed by atoms with van der Waals surface area (Å²) in [5.74, 6) is -0.225. The van der Waals surface area contributed by atoms with Crippen molar-refractivity contribution in [3.05, 3.63) is 34.1 Å². The van der Waals surface area contributed by atoms with Crippen LogP contribution in [-0.4, -0.2) is 16.0 Å². The van der Waals surface area contributed by atoms with Crippen LogP contribution in [0.25, 0.3) is 6.08 Å². The second-order valence-electron chi connectivity index (χ2n) is 2.29. The molecule has 0 aliphatic carbocycles. The van der Waals surface area contributed by atoms with Gasteiger partial charge in [0.2, 0.25) is 0 Å². The molecule has 0 aliphatic rings. The number of rotatable bonds is 3. The molecule has 0 bridgehead atoms. The maximum Gasteiger partial charge on any atom is 0.433 e. The van der Waals surface area contributed by atoms with Crippen molar-refractivity contribution in [2.45, 2.75) is 0 Å². The molecule has 1 rings (SSSR count). The minimum absolute atomic E-state index is 0.121. The van der Waals surface area contributed by atoms with Crippen LogP contribution in [0.3, 0.4) is 0 Å². The summed E-state index contributed by atoms with van der Waals surface area (Å²) in [6.07, 6.45) is 2.60. The van der Waals surface area contributed by atoms with Gasteiger partial charge in [-0.05, 0) is 18.2 Å². The molecular formula is C7H7N3O4. The van der Waals surface area contributed by atoms with Gasteiger partial charge in [-0.25, -0.2) is 0 Å². The topological polar surface area (TPSA) is 115 Å². The average Bonchev–Trinajstić information content (AvgIpc) is 2.62. The Morgan fingerprint density at radius 3 is 2.93 bits per heavy atom. The van der Waals surface area contributed by atoms with Gasteiger partial charge < -0.3 is 15.4 Å². The zero-order valence-corrected chi connectivity index (χ0v) is 6.95. The Morgan fingerprint density at radius 1 is 1.71 bits per heavy atom. The van der Waals surface area contributed by atoms with E-state index in [1.807, 2.05) is 0 Å². The van der Waals surface area contributed by atoms with Crippen LogP contribution in [0, 0.1) is 10.1 Å². The Bertz CT molecular complexity index is 393. The zero-order valence-electron chi connectivity index (χ0n) is 6.95. The highest BCUT2D eigenvalue weighted by atomic mass is 16.6. The van der Waals surface area contributed by atoms with Crippen molar-refractivity contribution in [2.24, 2.45) is 10.9 Å². The van der Waals surface area contributed by atoms with Gasteiger partial charge in [0.15, 0.2) is 5.84 Å². The van der Waals surface area contributed by atoms with Crippen molar-refractivity contribution in [3.63, 3.8) is 0 Å². The summed E-state index contributed by atoms with van der Waals surface area (Å²) in [6, 6.07) is 2.62. The van der Waals surface area contributed by atoms with E-state index in [0.717, 1.165) is 0 Å². The van der Waals surface area contributed by atoms with Crippen LogP contribution in [0.1, 0.15) is 5.76 Å². The molecule has 0 aromatic carbocycles. The zero-order chi connectivity index (χ0) is 10.6. The normalized spacial score (nSPS) is 12.1. The number of nitrogens with zero attached hydrogens (tertiary/aromatic N) is 2. The highest BCUT2D eigenvalue weighted by Crippen LogP contribution is 2.16. The van der Waals surface area contributed by atoms with E-state index >= 15 is 0 Å². The standard InChI is InChI=1S/C7H7N3O4/c8-6(9-11)3-1-5-2-4-7(14-5)10(12)13/h1-4,11H,(H2,8,9). The van der Waals surface area contributed by atoms with E-state index < -0.39 is 4.92 Å². The van der Waals surface area contributed by atoms with Crippen LogP contribution in [0.4, 0.5) is 5.88 Å². The SMILES string of the molecule is NC(C=Cc1ccc([N+](=O)[O-])o1)=NO. The molecule has 0 fully saturated rings. The number of oxime groups is 1. The van der Waals surface area contributed by atoms with E-state index in [1.165, 1.54) is 24.3 Å². The number of hydrogen-bond acceptors (Lipinski definition) is 5. The van der Waals surface area contributed by atoms with E-state index in [-0.39, 0.29) is 17.5 Å². The van der Waals surface area contributed by atoms with Crippen molar-refractivity contribution in [1.29, 1.82) is 0 Å². The monoisotopic (exact) mass is 197 g/mol. The maximum absolute atomic E-state index is 10.2. The summed E-state index contributed by atoms with van der Waals surface area (Å²) in [5, 5.41) is 21.1. The fraction of sp³-hybridized carbons (Fsp3) is 0. The fourth-order valence-corrected chi connectivity index (χ4v) is 0.731. The lowest BCUT2D eigenvalue weighted by Crippen LogP contribution is -2.06. The summed E-state index contributed by atoms with van der Waals surface area (Å²) in [7, 11) is 0. The fourth-order valence-electron chi connectivity index (χ4n) is 0.731. The second-order valence-corrected chi connectivity index (χ2v) is 2.29. The Kier molecular flexibility index (Phi) is 2.85. The van der Waals surface area contributed by atoms with E-state index in [4.69, 9.17) is 15.4 Å². The van der Waals surface area contributed by atoms with E-state index in [2.05, 4.69) is 5.16 Å². The molecule has 1 heterocycles. The number of hydrogen-bond donors (Lipinski definition) is 2. The van der Waals surface area contributed by atoms with Gasteiger partial charge in [0, 0.05) is 0 Å². The van der Waals surface area contributed by atoms with Crippen LogP contribution in [0.2, 0.25) is 0 Å². The molecule has 0 amide bonds. The van der Waals surface area contributed by atoms with Crippen molar-refractivity contribution < 1.29 is 14.5 Å².